The molecule has 3 rings (SSSR count). The second-order valence-electron chi connectivity index (χ2n) is 6.54. The fraction of sp³-hybridized carbons (Fsp3) is 0.174. The van der Waals surface area contributed by atoms with E-state index in [1.54, 1.807) is 19.2 Å². The lowest BCUT2D eigenvalue weighted by molar-refractivity contribution is -0.121. The molecule has 0 radical (unpaired) electrons. The first-order chi connectivity index (χ1) is 13.6. The Labute approximate surface area is 164 Å². The fourth-order valence-corrected chi connectivity index (χ4v) is 3.18. The zero-order valence-electron chi connectivity index (χ0n) is 15.9. The van der Waals surface area contributed by atoms with Gasteiger partial charge in [-0.3, -0.25) is 9.69 Å². The maximum Gasteiger partial charge on any atom is 0.246 e. The van der Waals surface area contributed by atoms with Crippen molar-refractivity contribution in [1.29, 1.82) is 0 Å². The molecule has 0 bridgehead atoms. The van der Waals surface area contributed by atoms with Crippen LogP contribution >= 0.6 is 0 Å². The maximum atomic E-state index is 13.2. The van der Waals surface area contributed by atoms with Crippen LogP contribution in [0.3, 0.4) is 0 Å². The van der Waals surface area contributed by atoms with Crippen molar-refractivity contribution in [3.8, 4) is 5.75 Å². The smallest absolute Gasteiger partial charge is 0.246 e. The van der Waals surface area contributed by atoms with Crippen LogP contribution in [0.5, 0.6) is 5.75 Å². The SMILES string of the molecule is COc1ccccc1CN(C)[C@@H](C(=O)Nc1ccc(F)cc1)c1ccccc1. The van der Waals surface area contributed by atoms with Gasteiger partial charge in [-0.1, -0.05) is 48.5 Å². The number of methoxy groups -OCH3 is 1. The van der Waals surface area contributed by atoms with Crippen molar-refractivity contribution in [1.82, 2.24) is 4.90 Å². The van der Waals surface area contributed by atoms with Gasteiger partial charge in [0.25, 0.3) is 0 Å². The summed E-state index contributed by atoms with van der Waals surface area (Å²) in [5.41, 5.74) is 2.42. The number of hydrogen-bond acceptors (Lipinski definition) is 3. The highest BCUT2D eigenvalue weighted by Gasteiger charge is 2.26. The highest BCUT2D eigenvalue weighted by molar-refractivity contribution is 5.95. The number of para-hydroxylation sites is 1. The number of nitrogens with one attached hydrogen (secondary N) is 1. The topological polar surface area (TPSA) is 41.6 Å². The van der Waals surface area contributed by atoms with Gasteiger partial charge in [-0.25, -0.2) is 4.39 Å². The third-order valence-electron chi connectivity index (χ3n) is 4.53. The van der Waals surface area contributed by atoms with E-state index >= 15 is 0 Å². The van der Waals surface area contributed by atoms with Gasteiger partial charge in [-0.15, -0.1) is 0 Å². The second-order valence-corrected chi connectivity index (χ2v) is 6.54. The Balaban J connectivity index is 1.86. The van der Waals surface area contributed by atoms with Gasteiger partial charge in [-0.05, 0) is 42.9 Å². The Bertz CT molecular complexity index is 913. The van der Waals surface area contributed by atoms with Crippen molar-refractivity contribution in [2.75, 3.05) is 19.5 Å². The molecule has 3 aromatic rings. The first-order valence-corrected chi connectivity index (χ1v) is 9.02. The van der Waals surface area contributed by atoms with E-state index in [2.05, 4.69) is 5.32 Å². The van der Waals surface area contributed by atoms with E-state index in [0.29, 0.717) is 12.2 Å². The molecule has 0 unspecified atom stereocenters. The zero-order chi connectivity index (χ0) is 19.9. The number of benzene rings is 3. The molecule has 0 spiro atoms. The van der Waals surface area contributed by atoms with Crippen molar-refractivity contribution in [2.45, 2.75) is 12.6 Å². The Kier molecular flexibility index (Phi) is 6.40. The lowest BCUT2D eigenvalue weighted by Crippen LogP contribution is -2.34. The first kappa shape index (κ1) is 19.6. The van der Waals surface area contributed by atoms with Crippen LogP contribution in [0.2, 0.25) is 0 Å². The molecule has 0 saturated carbocycles. The molecule has 5 heteroatoms. The number of amides is 1. The number of carbonyl (C=O) groups excluding carboxylic acids is 1. The summed E-state index contributed by atoms with van der Waals surface area (Å²) in [4.78, 5) is 15.1. The number of carbonyl (C=O) groups is 1. The number of anilines is 1. The van der Waals surface area contributed by atoms with Gasteiger partial charge < -0.3 is 10.1 Å². The number of ether oxygens (including phenoxy) is 1. The fourth-order valence-electron chi connectivity index (χ4n) is 3.18. The maximum absolute atomic E-state index is 13.2. The predicted octanol–water partition coefficient (Wildman–Crippen LogP) is 4.65. The summed E-state index contributed by atoms with van der Waals surface area (Å²) in [5, 5.41) is 2.88. The Morgan fingerprint density at radius 3 is 2.32 bits per heavy atom. The van der Waals surface area contributed by atoms with E-state index in [9.17, 15) is 9.18 Å². The summed E-state index contributed by atoms with van der Waals surface area (Å²) in [6, 6.07) is 22.6. The molecule has 0 heterocycles. The van der Waals surface area contributed by atoms with Gasteiger partial charge in [0.2, 0.25) is 5.91 Å². The molecule has 1 N–H and O–H groups in total. The molecular formula is C23H23FN2O2. The Hall–Kier alpha value is -3.18. The monoisotopic (exact) mass is 378 g/mol. The lowest BCUT2D eigenvalue weighted by atomic mass is 10.0. The van der Waals surface area contributed by atoms with Gasteiger partial charge in [0.15, 0.2) is 0 Å². The zero-order valence-corrected chi connectivity index (χ0v) is 15.9. The summed E-state index contributed by atoms with van der Waals surface area (Å²) in [7, 11) is 3.53. The normalized spacial score (nSPS) is 11.9. The summed E-state index contributed by atoms with van der Waals surface area (Å²) >= 11 is 0. The van der Waals surface area contributed by atoms with Gasteiger partial charge in [0.1, 0.15) is 17.6 Å². The highest BCUT2D eigenvalue weighted by Crippen LogP contribution is 2.26. The van der Waals surface area contributed by atoms with E-state index in [1.165, 1.54) is 12.1 Å². The van der Waals surface area contributed by atoms with Gasteiger partial charge in [0.05, 0.1) is 7.11 Å². The van der Waals surface area contributed by atoms with E-state index in [4.69, 9.17) is 4.74 Å². The molecule has 0 aliphatic carbocycles. The molecule has 0 saturated heterocycles. The minimum absolute atomic E-state index is 0.185. The summed E-state index contributed by atoms with van der Waals surface area (Å²) in [5.74, 6) is 0.251. The van der Waals surface area contributed by atoms with Crippen LogP contribution in [0.4, 0.5) is 10.1 Å². The van der Waals surface area contributed by atoms with E-state index in [0.717, 1.165) is 16.9 Å². The second kappa shape index (κ2) is 9.15. The lowest BCUT2D eigenvalue weighted by Gasteiger charge is -2.28. The van der Waals surface area contributed by atoms with Crippen molar-refractivity contribution < 1.29 is 13.9 Å². The summed E-state index contributed by atoms with van der Waals surface area (Å²) < 4.78 is 18.6. The van der Waals surface area contributed by atoms with Crippen LogP contribution in [-0.2, 0) is 11.3 Å². The largest absolute Gasteiger partial charge is 0.496 e. The summed E-state index contributed by atoms with van der Waals surface area (Å²) in [6.45, 7) is 0.528. The van der Waals surface area contributed by atoms with E-state index < -0.39 is 6.04 Å². The van der Waals surface area contributed by atoms with E-state index in [1.807, 2.05) is 66.5 Å². The van der Waals surface area contributed by atoms with Gasteiger partial charge in [-0.2, -0.15) is 0 Å². The molecule has 1 amide bonds. The molecule has 3 aromatic carbocycles. The average Bonchev–Trinajstić information content (AvgIpc) is 2.71. The molecule has 0 aromatic heterocycles. The minimum atomic E-state index is -0.517. The molecule has 28 heavy (non-hydrogen) atoms. The van der Waals surface area contributed by atoms with Crippen LogP contribution in [0.25, 0.3) is 0 Å². The molecule has 1 atom stereocenters. The Morgan fingerprint density at radius 2 is 1.64 bits per heavy atom. The number of hydrogen-bond donors (Lipinski definition) is 1. The first-order valence-electron chi connectivity index (χ1n) is 9.02. The van der Waals surface area contributed by atoms with Gasteiger partial charge >= 0.3 is 0 Å². The van der Waals surface area contributed by atoms with Crippen LogP contribution in [0, 0.1) is 5.82 Å². The van der Waals surface area contributed by atoms with Crippen molar-refractivity contribution >= 4 is 11.6 Å². The number of halogens is 1. The van der Waals surface area contributed by atoms with E-state index in [-0.39, 0.29) is 11.7 Å². The summed E-state index contributed by atoms with van der Waals surface area (Å²) in [6.07, 6.45) is 0. The predicted molar refractivity (Wildman–Crippen MR) is 109 cm³/mol. The van der Waals surface area contributed by atoms with Crippen LogP contribution in [0.1, 0.15) is 17.2 Å². The molecule has 0 aliphatic rings. The minimum Gasteiger partial charge on any atom is -0.496 e. The van der Waals surface area contributed by atoms with Crippen molar-refractivity contribution in [3.63, 3.8) is 0 Å². The molecule has 4 nitrogen and oxygen atoms in total. The third kappa shape index (κ3) is 4.75. The van der Waals surface area contributed by atoms with Crippen LogP contribution < -0.4 is 10.1 Å². The molecule has 144 valence electrons. The average molecular weight is 378 g/mol. The van der Waals surface area contributed by atoms with Crippen LogP contribution in [0.15, 0.2) is 78.9 Å². The number of nitrogens with zero attached hydrogens (tertiary/aromatic N) is 1. The molecule has 0 aliphatic heterocycles. The molecule has 0 fully saturated rings. The highest BCUT2D eigenvalue weighted by atomic mass is 19.1. The Morgan fingerprint density at radius 1 is 1.00 bits per heavy atom. The molecular weight excluding hydrogens is 355 g/mol. The number of rotatable bonds is 7. The number of likely N-dealkylation sites (N-methyl/N-ethyl adjacent to an activating group) is 1. The quantitative estimate of drug-likeness (QED) is 0.651. The van der Waals surface area contributed by atoms with Crippen molar-refractivity contribution in [3.05, 3.63) is 95.8 Å². The van der Waals surface area contributed by atoms with Crippen molar-refractivity contribution in [2.24, 2.45) is 0 Å². The third-order valence-corrected chi connectivity index (χ3v) is 4.53. The van der Waals surface area contributed by atoms with Gasteiger partial charge in [0, 0.05) is 17.8 Å². The van der Waals surface area contributed by atoms with Crippen LogP contribution in [-0.4, -0.2) is 25.0 Å². The standard InChI is InChI=1S/C23H23FN2O2/c1-26(16-18-10-6-7-11-21(18)28-2)22(17-8-4-3-5-9-17)23(27)25-20-14-12-19(24)13-15-20/h3-15,22H,16H2,1-2H3,(H,25,27)/t22-/m1/s1.